The van der Waals surface area contributed by atoms with Crippen LogP contribution in [0.4, 0.5) is 8.78 Å². The van der Waals surface area contributed by atoms with Gasteiger partial charge in [0.05, 0.1) is 19.1 Å². The Morgan fingerprint density at radius 3 is 2.78 bits per heavy atom. The smallest absolute Gasteiger partial charge is 0.319 e. The largest absolute Gasteiger partial charge is 0.381 e. The quantitative estimate of drug-likeness (QED) is 0.837. The lowest BCUT2D eigenvalue weighted by Gasteiger charge is -2.36. The molecule has 3 heterocycles. The lowest BCUT2D eigenvalue weighted by atomic mass is 10.0. The fraction of sp³-hybridized carbons (Fsp3) is 0.733. The van der Waals surface area contributed by atoms with E-state index in [0.29, 0.717) is 45.2 Å². The first-order valence-electron chi connectivity index (χ1n) is 8.04. The second-order valence-corrected chi connectivity index (χ2v) is 6.04. The van der Waals surface area contributed by atoms with Crippen LogP contribution in [0.25, 0.3) is 0 Å². The predicted molar refractivity (Wildman–Crippen MR) is 78.9 cm³/mol. The van der Waals surface area contributed by atoms with Gasteiger partial charge in [-0.1, -0.05) is 0 Å². The summed E-state index contributed by atoms with van der Waals surface area (Å²) in [5.74, 6) is 0.506. The van der Waals surface area contributed by atoms with Gasteiger partial charge in [-0.15, -0.1) is 0 Å². The molecule has 1 aromatic heterocycles. The molecular weight excluding hydrogens is 306 g/mol. The summed E-state index contributed by atoms with van der Waals surface area (Å²) in [6, 6.07) is 0. The van der Waals surface area contributed by atoms with E-state index in [2.05, 4.69) is 9.88 Å². The van der Waals surface area contributed by atoms with Gasteiger partial charge in [0, 0.05) is 45.2 Å². The molecule has 8 heteroatoms. The highest BCUT2D eigenvalue weighted by Crippen LogP contribution is 2.19. The van der Waals surface area contributed by atoms with E-state index in [0.717, 1.165) is 24.0 Å². The molecule has 1 atom stereocenters. The van der Waals surface area contributed by atoms with Gasteiger partial charge in [-0.2, -0.15) is 8.78 Å². The maximum Gasteiger partial charge on any atom is 0.319 e. The first-order valence-corrected chi connectivity index (χ1v) is 8.04. The van der Waals surface area contributed by atoms with Crippen LogP contribution in [0.15, 0.2) is 12.4 Å². The molecule has 0 radical (unpaired) electrons. The molecule has 23 heavy (non-hydrogen) atoms. The first kappa shape index (κ1) is 16.3. The molecule has 0 N–H and O–H groups in total. The number of nitrogens with zero attached hydrogens (tertiary/aromatic N) is 4. The second kappa shape index (κ2) is 7.35. The zero-order valence-electron chi connectivity index (χ0n) is 13.0. The maximum absolute atomic E-state index is 12.8. The minimum Gasteiger partial charge on any atom is -0.381 e. The number of piperazine rings is 1. The molecule has 2 fully saturated rings. The van der Waals surface area contributed by atoms with Gasteiger partial charge in [-0.25, -0.2) is 4.98 Å². The van der Waals surface area contributed by atoms with Crippen LogP contribution in [-0.2, 0) is 16.1 Å². The number of carbonyl (C=O) groups is 1. The fourth-order valence-corrected chi connectivity index (χ4v) is 3.16. The molecule has 0 bridgehead atoms. The molecule has 0 saturated carbocycles. The summed E-state index contributed by atoms with van der Waals surface area (Å²) in [6.07, 6.45) is 4.52. The van der Waals surface area contributed by atoms with E-state index in [4.69, 9.17) is 4.74 Å². The highest BCUT2D eigenvalue weighted by atomic mass is 19.3. The number of hydrogen-bond acceptors (Lipinski definition) is 4. The average Bonchev–Trinajstić information content (AvgIpc) is 3.04. The van der Waals surface area contributed by atoms with Crippen molar-refractivity contribution in [3.8, 4) is 0 Å². The Hall–Kier alpha value is -1.54. The number of hydrogen-bond donors (Lipinski definition) is 0. The zero-order chi connectivity index (χ0) is 16.2. The number of aromatic nitrogens is 2. The van der Waals surface area contributed by atoms with E-state index in [1.807, 2.05) is 4.90 Å². The van der Waals surface area contributed by atoms with Gasteiger partial charge in [0.15, 0.2) is 0 Å². The van der Waals surface area contributed by atoms with Gasteiger partial charge < -0.3 is 9.64 Å². The Kier molecular flexibility index (Phi) is 5.22. The molecule has 0 spiro atoms. The summed E-state index contributed by atoms with van der Waals surface area (Å²) in [5, 5.41) is 0. The van der Waals surface area contributed by atoms with Gasteiger partial charge in [0.25, 0.3) is 0 Å². The molecule has 6 nitrogen and oxygen atoms in total. The van der Waals surface area contributed by atoms with E-state index < -0.39 is 6.55 Å². The Morgan fingerprint density at radius 2 is 2.13 bits per heavy atom. The van der Waals surface area contributed by atoms with Crippen LogP contribution in [0.5, 0.6) is 0 Å². The van der Waals surface area contributed by atoms with Crippen molar-refractivity contribution in [2.24, 2.45) is 5.92 Å². The van der Waals surface area contributed by atoms with Crippen molar-refractivity contribution in [2.75, 3.05) is 39.4 Å². The lowest BCUT2D eigenvalue weighted by molar-refractivity contribution is -0.141. The highest BCUT2D eigenvalue weighted by Gasteiger charge is 2.29. The Labute approximate surface area is 134 Å². The molecule has 3 rings (SSSR count). The molecule has 0 aromatic carbocycles. The van der Waals surface area contributed by atoms with Crippen molar-refractivity contribution in [1.29, 1.82) is 0 Å². The molecule has 1 amide bonds. The number of halogens is 2. The molecule has 2 aliphatic heterocycles. The minimum absolute atomic E-state index is 0.0203. The summed E-state index contributed by atoms with van der Waals surface area (Å²) >= 11 is 0. The van der Waals surface area contributed by atoms with Crippen LogP contribution in [0.3, 0.4) is 0 Å². The summed E-state index contributed by atoms with van der Waals surface area (Å²) in [6.45, 7) is 1.69. The van der Waals surface area contributed by atoms with Crippen LogP contribution in [-0.4, -0.2) is 64.7 Å². The summed E-state index contributed by atoms with van der Waals surface area (Å²) < 4.78 is 31.9. The van der Waals surface area contributed by atoms with Crippen molar-refractivity contribution in [2.45, 2.75) is 25.9 Å². The van der Waals surface area contributed by atoms with Crippen LogP contribution < -0.4 is 0 Å². The van der Waals surface area contributed by atoms with E-state index in [1.54, 1.807) is 0 Å². The molecule has 2 aliphatic rings. The number of imidazole rings is 1. The van der Waals surface area contributed by atoms with E-state index in [9.17, 15) is 13.6 Å². The van der Waals surface area contributed by atoms with Crippen LogP contribution in [0.1, 0.15) is 25.2 Å². The van der Waals surface area contributed by atoms with Gasteiger partial charge in [0.2, 0.25) is 5.91 Å². The molecular formula is C15H22F2N4O2. The Morgan fingerprint density at radius 1 is 1.35 bits per heavy atom. The molecule has 0 unspecified atom stereocenters. The van der Waals surface area contributed by atoms with Crippen LogP contribution >= 0.6 is 0 Å². The molecule has 1 aromatic rings. The SMILES string of the molecule is O=C([C@@H]1CCCOC1)N1CCN(Cc2nccn2C(F)F)CC1. The van der Waals surface area contributed by atoms with Crippen LogP contribution in [0.2, 0.25) is 0 Å². The lowest BCUT2D eigenvalue weighted by Crippen LogP contribution is -2.51. The van der Waals surface area contributed by atoms with Crippen molar-refractivity contribution in [1.82, 2.24) is 19.4 Å². The molecule has 0 aliphatic carbocycles. The monoisotopic (exact) mass is 328 g/mol. The van der Waals surface area contributed by atoms with Crippen molar-refractivity contribution < 1.29 is 18.3 Å². The van der Waals surface area contributed by atoms with Gasteiger partial charge in [-0.05, 0) is 12.8 Å². The third kappa shape index (κ3) is 3.87. The standard InChI is InChI=1S/C15H22F2N4O2/c16-15(17)21-4-3-18-13(21)10-19-5-7-20(8-6-19)14(22)12-2-1-9-23-11-12/h3-4,12,15H,1-2,5-11H2/t12-/m1/s1. The number of rotatable bonds is 4. The van der Waals surface area contributed by atoms with Crippen molar-refractivity contribution in [3.05, 3.63) is 18.2 Å². The molecule has 2 saturated heterocycles. The normalized spacial score (nSPS) is 23.4. The summed E-state index contributed by atoms with van der Waals surface area (Å²) in [7, 11) is 0. The van der Waals surface area contributed by atoms with E-state index in [1.165, 1.54) is 12.4 Å². The van der Waals surface area contributed by atoms with Gasteiger partial charge in [-0.3, -0.25) is 14.3 Å². The Bertz CT molecular complexity index is 523. The third-order valence-electron chi connectivity index (χ3n) is 4.52. The van der Waals surface area contributed by atoms with E-state index >= 15 is 0 Å². The maximum atomic E-state index is 12.8. The zero-order valence-corrected chi connectivity index (χ0v) is 13.0. The second-order valence-electron chi connectivity index (χ2n) is 6.04. The fourth-order valence-electron chi connectivity index (χ4n) is 3.16. The Balaban J connectivity index is 1.50. The average molecular weight is 328 g/mol. The number of amides is 1. The number of carbonyl (C=O) groups excluding carboxylic acids is 1. The van der Waals surface area contributed by atoms with Crippen molar-refractivity contribution >= 4 is 5.91 Å². The predicted octanol–water partition coefficient (Wildman–Crippen LogP) is 1.35. The topological polar surface area (TPSA) is 50.6 Å². The van der Waals surface area contributed by atoms with Crippen molar-refractivity contribution in [3.63, 3.8) is 0 Å². The molecule has 128 valence electrons. The number of ether oxygens (including phenoxy) is 1. The van der Waals surface area contributed by atoms with Gasteiger partial charge in [0.1, 0.15) is 5.82 Å². The highest BCUT2D eigenvalue weighted by molar-refractivity contribution is 5.79. The summed E-state index contributed by atoms with van der Waals surface area (Å²) in [5.41, 5.74) is 0. The third-order valence-corrected chi connectivity index (χ3v) is 4.52. The summed E-state index contributed by atoms with van der Waals surface area (Å²) in [4.78, 5) is 20.4. The first-order chi connectivity index (χ1) is 11.1. The van der Waals surface area contributed by atoms with Crippen LogP contribution in [0, 0.1) is 5.92 Å². The van der Waals surface area contributed by atoms with Gasteiger partial charge >= 0.3 is 6.55 Å². The van der Waals surface area contributed by atoms with E-state index in [-0.39, 0.29) is 11.8 Å². The number of alkyl halides is 2. The minimum atomic E-state index is -2.57.